The van der Waals surface area contributed by atoms with E-state index in [4.69, 9.17) is 80.1 Å². The number of hydrogen-bond acceptors (Lipinski definition) is 25. The minimum atomic E-state index is -0.0892. The van der Waals surface area contributed by atoms with Crippen molar-refractivity contribution in [3.63, 3.8) is 0 Å². The number of halogens is 4. The Balaban J connectivity index is 0.000000134. The summed E-state index contributed by atoms with van der Waals surface area (Å²) in [5.74, 6) is 9.32. The molecule has 2 amide bonds. The number of ether oxygens (including phenoxy) is 5. The number of rotatable bonds is 21. The minimum Gasteiger partial charge on any atom is -0.497 e. The molecule has 0 radical (unpaired) electrons. The Labute approximate surface area is 625 Å². The number of fused-ring (bicyclic) bond motifs is 3. The Kier molecular flexibility index (Phi) is 22.1. The van der Waals surface area contributed by atoms with E-state index in [1.165, 1.54) is 0 Å². The average Bonchev–Trinajstić information content (AvgIpc) is 0.854. The Morgan fingerprint density at radius 3 is 1.13 bits per heavy atom. The van der Waals surface area contributed by atoms with Crippen LogP contribution in [0.4, 0.5) is 41.2 Å². The quantitative estimate of drug-likeness (QED) is 0.0331. The maximum absolute atomic E-state index is 11.9. The fourth-order valence-corrected chi connectivity index (χ4v) is 12.2. The lowest BCUT2D eigenvalue weighted by molar-refractivity contribution is -0.121. The number of nitrogens with one attached hydrogen (secondary N) is 8. The van der Waals surface area contributed by atoms with E-state index in [0.717, 1.165) is 69.6 Å². The Hall–Kier alpha value is -12.3. The highest BCUT2D eigenvalue weighted by Gasteiger charge is 2.26. The van der Waals surface area contributed by atoms with Crippen molar-refractivity contribution >= 4 is 133 Å². The Bertz CT molecular complexity index is 5160. The highest BCUT2D eigenvalue weighted by Crippen LogP contribution is 2.37. The number of piperazine rings is 3. The molecule has 540 valence electrons. The highest BCUT2D eigenvalue weighted by molar-refractivity contribution is 6.35. The van der Waals surface area contributed by atoms with Crippen molar-refractivity contribution in [3.05, 3.63) is 202 Å². The molecule has 3 saturated heterocycles. The van der Waals surface area contributed by atoms with Gasteiger partial charge in [-0.2, -0.15) is 29.9 Å². The molecular weight excluding hydrogens is 1440 g/mol. The van der Waals surface area contributed by atoms with Crippen molar-refractivity contribution in [2.45, 2.75) is 19.6 Å². The monoisotopic (exact) mass is 1510 g/mol. The molecule has 0 bridgehead atoms. The molecule has 0 atom stereocenters. The first-order valence-electron chi connectivity index (χ1n) is 33.4. The molecule has 0 unspecified atom stereocenters. The van der Waals surface area contributed by atoms with Crippen LogP contribution in [0.15, 0.2) is 164 Å². The van der Waals surface area contributed by atoms with Crippen molar-refractivity contribution < 1.29 is 33.3 Å². The van der Waals surface area contributed by atoms with Gasteiger partial charge in [-0.25, -0.2) is 24.9 Å². The molecule has 16 rings (SSSR count). The van der Waals surface area contributed by atoms with Crippen LogP contribution in [-0.2, 0) is 29.2 Å². The molecule has 6 aromatic carbocycles. The fourth-order valence-electron chi connectivity index (χ4n) is 11.3. The van der Waals surface area contributed by atoms with Crippen LogP contribution in [0, 0.1) is 0 Å². The molecule has 8 N–H and O–H groups in total. The summed E-state index contributed by atoms with van der Waals surface area (Å²) in [6.07, 6.45) is 3.51. The van der Waals surface area contributed by atoms with Gasteiger partial charge in [0.1, 0.15) is 63.7 Å². The first-order valence-corrected chi connectivity index (χ1v) is 34.9. The predicted octanol–water partition coefficient (Wildman–Crippen LogP) is 11.9. The number of hydrogen-bond donors (Lipinski definition) is 8. The van der Waals surface area contributed by atoms with Gasteiger partial charge in [-0.15, -0.1) is 0 Å². The molecule has 34 heteroatoms. The minimum absolute atomic E-state index is 0.0869. The highest BCUT2D eigenvalue weighted by atomic mass is 35.5. The second kappa shape index (κ2) is 33.0. The standard InChI is InChI=1S/C27H26ClN9O2.C23H22ClN7O3.C22H19Cl2N7O2/c1-38-18-7-8-22(19(28)15-18)39-25-16-23(31-17-24-32-20-5-2-3-6-21(20)33-24)34-27(35-25)37-13-11-36(12-14-37)26-29-9-4-10-30-26;1-33-14-6-7-18(15(24)10-14)34-22-11-19(29-23(30-22)31-9-8-25-21(32)13-31)26-12-20-27-16-4-2-3-5-17(16)28-20;23-13-5-6-17(14(24)9-13)33-21-10-18(29-22(30-21)31-8-7-25-20(32)12-31)26-11-19-27-15-3-1-2-4-16(15)28-19/h2-10,15-16H,11-14,17H2,1H3,(H,32,33)(H,31,34,35);2-7,10-11H,8-9,12-13H2,1H3,(H,25,32)(H,27,28)(H,26,29,30);1-6,9-10H,7-8,11-12H2,(H,25,32)(H,27,28)(H,26,29,30). The smallest absolute Gasteiger partial charge is 0.239 e. The molecule has 10 heterocycles. The van der Waals surface area contributed by atoms with Crippen LogP contribution in [0.5, 0.6) is 46.4 Å². The maximum Gasteiger partial charge on any atom is 0.239 e. The molecule has 106 heavy (non-hydrogen) atoms. The lowest BCUT2D eigenvalue weighted by atomic mass is 10.3. The summed E-state index contributed by atoms with van der Waals surface area (Å²) in [6, 6.07) is 45.8. The zero-order valence-corrected chi connectivity index (χ0v) is 59.9. The zero-order valence-electron chi connectivity index (χ0n) is 56.9. The summed E-state index contributed by atoms with van der Waals surface area (Å²) >= 11 is 25.0. The van der Waals surface area contributed by atoms with Gasteiger partial charge in [-0.05, 0) is 84.9 Å². The topological polar surface area (TPSA) is 343 Å². The van der Waals surface area contributed by atoms with Crippen LogP contribution < -0.4 is 69.9 Å². The third-order valence-electron chi connectivity index (χ3n) is 16.6. The number of aromatic amines is 3. The predicted molar refractivity (Wildman–Crippen MR) is 406 cm³/mol. The molecule has 3 fully saturated rings. The normalized spacial score (nSPS) is 13.6. The van der Waals surface area contributed by atoms with Gasteiger partial charge in [0.25, 0.3) is 0 Å². The van der Waals surface area contributed by atoms with E-state index < -0.39 is 0 Å². The van der Waals surface area contributed by atoms with Crippen LogP contribution in [0.1, 0.15) is 17.5 Å². The number of amides is 2. The van der Waals surface area contributed by atoms with Gasteiger partial charge in [0.05, 0.1) is 95.1 Å². The first kappa shape index (κ1) is 70.8. The van der Waals surface area contributed by atoms with E-state index in [-0.39, 0.29) is 36.7 Å². The third kappa shape index (κ3) is 18.0. The summed E-state index contributed by atoms with van der Waals surface area (Å²) < 4.78 is 28.5. The van der Waals surface area contributed by atoms with Crippen molar-refractivity contribution in [3.8, 4) is 46.4 Å². The summed E-state index contributed by atoms with van der Waals surface area (Å²) in [7, 11) is 3.16. The second-order valence-corrected chi connectivity index (χ2v) is 25.5. The third-order valence-corrected chi connectivity index (χ3v) is 17.7. The van der Waals surface area contributed by atoms with Crippen molar-refractivity contribution in [1.29, 1.82) is 0 Å². The Morgan fingerprint density at radius 1 is 0.396 bits per heavy atom. The average molecular weight is 1510 g/mol. The van der Waals surface area contributed by atoms with Crippen molar-refractivity contribution in [2.24, 2.45) is 0 Å². The van der Waals surface area contributed by atoms with Crippen LogP contribution in [-0.4, -0.2) is 161 Å². The fraction of sp³-hybridized carbons (Fsp3) is 0.208. The van der Waals surface area contributed by atoms with Gasteiger partial charge < -0.3 is 84.8 Å². The number of carbonyl (C=O) groups is 2. The molecule has 0 spiro atoms. The molecule has 0 aliphatic carbocycles. The number of benzene rings is 6. The van der Waals surface area contributed by atoms with Crippen molar-refractivity contribution in [1.82, 2.24) is 80.4 Å². The number of carbonyl (C=O) groups excluding carboxylic acids is 2. The van der Waals surface area contributed by atoms with Crippen LogP contribution in [0.25, 0.3) is 33.1 Å². The van der Waals surface area contributed by atoms with Gasteiger partial charge in [-0.1, -0.05) is 82.8 Å². The number of anilines is 7. The van der Waals surface area contributed by atoms with Crippen LogP contribution >= 0.6 is 46.4 Å². The number of H-pyrrole nitrogens is 3. The van der Waals surface area contributed by atoms with Gasteiger partial charge in [0.15, 0.2) is 0 Å². The van der Waals surface area contributed by atoms with Crippen LogP contribution in [0.2, 0.25) is 20.1 Å². The van der Waals surface area contributed by atoms with Crippen molar-refractivity contribution in [2.75, 3.05) is 115 Å². The van der Waals surface area contributed by atoms with E-state index in [9.17, 15) is 9.59 Å². The van der Waals surface area contributed by atoms with E-state index in [1.54, 1.807) is 109 Å². The van der Waals surface area contributed by atoms with E-state index in [0.29, 0.717) is 149 Å². The molecule has 3 aliphatic heterocycles. The molecule has 30 nitrogen and oxygen atoms in total. The molecule has 7 aromatic heterocycles. The van der Waals surface area contributed by atoms with Gasteiger partial charge in [-0.3, -0.25) is 9.59 Å². The lowest BCUT2D eigenvalue weighted by Crippen LogP contribution is -2.48. The zero-order chi connectivity index (χ0) is 72.9. The second-order valence-electron chi connectivity index (χ2n) is 23.9. The summed E-state index contributed by atoms with van der Waals surface area (Å²) in [4.78, 5) is 91.8. The largest absolute Gasteiger partial charge is 0.497 e. The number of nitrogens with zero attached hydrogens (tertiary/aromatic N) is 15. The van der Waals surface area contributed by atoms with Crippen LogP contribution in [0.3, 0.4) is 0 Å². The number of para-hydroxylation sites is 6. The summed E-state index contributed by atoms with van der Waals surface area (Å²) in [5.41, 5.74) is 5.59. The Morgan fingerprint density at radius 2 is 0.764 bits per heavy atom. The summed E-state index contributed by atoms with van der Waals surface area (Å²) in [6.45, 7) is 6.67. The SMILES string of the molecule is COc1ccc(Oc2cc(NCc3nc4ccccc4[nH]3)nc(N3CCN(c4ncccn4)CC3)n2)c(Cl)c1.COc1ccc(Oc2cc(NCc3nc4ccccc4[nH]3)nc(N3CCNC(=O)C3)n2)c(Cl)c1.O=C1CN(c2nc(NCc3nc4ccccc4[nH]3)cc(Oc3ccc(Cl)cc3Cl)n2)CCN1. The first-order chi connectivity index (χ1) is 51.7. The molecule has 3 aliphatic rings. The maximum atomic E-state index is 11.9. The number of methoxy groups -OCH3 is 2. The van der Waals surface area contributed by atoms with Gasteiger partial charge in [0, 0.05) is 100 Å². The lowest BCUT2D eigenvalue weighted by Gasteiger charge is -2.34. The number of imidazole rings is 3. The van der Waals surface area contributed by atoms with Gasteiger partial charge in [0.2, 0.25) is 53.2 Å². The molecular formula is C72H67Cl4N23O7. The molecule has 0 saturated carbocycles. The van der Waals surface area contributed by atoms with Gasteiger partial charge >= 0.3 is 0 Å². The summed E-state index contributed by atoms with van der Waals surface area (Å²) in [5, 5.41) is 17.1. The van der Waals surface area contributed by atoms with E-state index in [1.807, 2.05) is 78.9 Å². The van der Waals surface area contributed by atoms with E-state index in [2.05, 4.69) is 96.2 Å². The number of aromatic nitrogens is 14. The molecule has 13 aromatic rings. The van der Waals surface area contributed by atoms with E-state index >= 15 is 0 Å².